The Morgan fingerprint density at radius 2 is 2.00 bits per heavy atom. The summed E-state index contributed by atoms with van der Waals surface area (Å²) >= 11 is 0. The Hall–Kier alpha value is -3.74. The van der Waals surface area contributed by atoms with E-state index < -0.39 is 5.91 Å². The molecular formula is C19H15N5O2. The minimum absolute atomic E-state index is 0.220. The average molecular weight is 345 g/mol. The lowest BCUT2D eigenvalue weighted by Gasteiger charge is -2.11. The van der Waals surface area contributed by atoms with E-state index in [1.165, 1.54) is 0 Å². The number of pyridine rings is 3. The highest BCUT2D eigenvalue weighted by atomic mass is 16.3. The smallest absolute Gasteiger partial charge is 0.267 e. The van der Waals surface area contributed by atoms with E-state index in [-0.39, 0.29) is 5.69 Å². The number of anilines is 2. The number of nitrogens with one attached hydrogen (secondary N) is 1. The summed E-state index contributed by atoms with van der Waals surface area (Å²) in [7, 11) is 0. The number of rotatable bonds is 5. The van der Waals surface area contributed by atoms with Gasteiger partial charge in [-0.25, -0.2) is 4.98 Å². The number of furan rings is 1. The number of hydrogen-bond acceptors (Lipinski definition) is 6. The van der Waals surface area contributed by atoms with Crippen LogP contribution in [0.3, 0.4) is 0 Å². The molecule has 7 heteroatoms. The summed E-state index contributed by atoms with van der Waals surface area (Å²) in [6.45, 7) is 0. The number of fused-ring (bicyclic) bond motifs is 1. The molecule has 0 unspecified atom stereocenters. The molecule has 3 N–H and O–H groups in total. The fourth-order valence-electron chi connectivity index (χ4n) is 2.77. The van der Waals surface area contributed by atoms with Crippen LogP contribution in [0.25, 0.3) is 10.9 Å². The molecule has 0 bridgehead atoms. The lowest BCUT2D eigenvalue weighted by molar-refractivity contribution is 0.0995. The van der Waals surface area contributed by atoms with Gasteiger partial charge in [0.1, 0.15) is 11.5 Å². The highest BCUT2D eigenvalue weighted by molar-refractivity contribution is 5.98. The average Bonchev–Trinajstić information content (AvgIpc) is 3.15. The second kappa shape index (κ2) is 6.64. The lowest BCUT2D eigenvalue weighted by Crippen LogP contribution is -2.16. The Morgan fingerprint density at radius 3 is 2.73 bits per heavy atom. The van der Waals surface area contributed by atoms with Crippen LogP contribution in [0.4, 0.5) is 11.4 Å². The van der Waals surface area contributed by atoms with Crippen LogP contribution in [-0.2, 0) is 6.42 Å². The summed E-state index contributed by atoms with van der Waals surface area (Å²) < 4.78 is 5.37. The van der Waals surface area contributed by atoms with Gasteiger partial charge in [-0.15, -0.1) is 0 Å². The Labute approximate surface area is 148 Å². The van der Waals surface area contributed by atoms with Crippen molar-refractivity contribution < 1.29 is 9.21 Å². The summed E-state index contributed by atoms with van der Waals surface area (Å²) in [6, 6.07) is 9.18. The van der Waals surface area contributed by atoms with Crippen molar-refractivity contribution in [2.24, 2.45) is 5.73 Å². The SMILES string of the molecule is NC(=O)c1nc2c(Nc3ccncc3)cncc2cc1Cc1ccco1. The van der Waals surface area contributed by atoms with Gasteiger partial charge in [-0.2, -0.15) is 0 Å². The number of carbonyl (C=O) groups excluding carboxylic acids is 1. The number of amides is 1. The van der Waals surface area contributed by atoms with Gasteiger partial charge in [0.2, 0.25) is 0 Å². The molecule has 7 nitrogen and oxygen atoms in total. The Morgan fingerprint density at radius 1 is 1.15 bits per heavy atom. The largest absolute Gasteiger partial charge is 0.469 e. The van der Waals surface area contributed by atoms with Crippen LogP contribution < -0.4 is 11.1 Å². The zero-order chi connectivity index (χ0) is 17.9. The van der Waals surface area contributed by atoms with Crippen LogP contribution in [0.5, 0.6) is 0 Å². The van der Waals surface area contributed by atoms with Crippen molar-refractivity contribution in [3.63, 3.8) is 0 Å². The molecule has 0 aliphatic rings. The second-order valence-corrected chi connectivity index (χ2v) is 5.74. The van der Waals surface area contributed by atoms with E-state index in [2.05, 4.69) is 20.3 Å². The lowest BCUT2D eigenvalue weighted by atomic mass is 10.0. The van der Waals surface area contributed by atoms with E-state index in [1.807, 2.05) is 24.3 Å². The van der Waals surface area contributed by atoms with E-state index in [0.717, 1.165) is 16.8 Å². The molecule has 0 saturated carbocycles. The molecule has 128 valence electrons. The summed E-state index contributed by atoms with van der Waals surface area (Å²) in [6.07, 6.45) is 8.75. The highest BCUT2D eigenvalue weighted by Crippen LogP contribution is 2.26. The van der Waals surface area contributed by atoms with Crippen molar-refractivity contribution in [1.29, 1.82) is 0 Å². The molecular weight excluding hydrogens is 330 g/mol. The molecule has 1 amide bonds. The van der Waals surface area contributed by atoms with Gasteiger partial charge in [0.25, 0.3) is 5.91 Å². The fourth-order valence-corrected chi connectivity index (χ4v) is 2.77. The van der Waals surface area contributed by atoms with Gasteiger partial charge >= 0.3 is 0 Å². The summed E-state index contributed by atoms with van der Waals surface area (Å²) in [5, 5.41) is 4.04. The Kier molecular flexibility index (Phi) is 4.03. The van der Waals surface area contributed by atoms with Gasteiger partial charge in [-0.3, -0.25) is 14.8 Å². The van der Waals surface area contributed by atoms with Gasteiger partial charge in [0, 0.05) is 36.1 Å². The first-order chi connectivity index (χ1) is 12.7. The molecule has 4 heterocycles. The zero-order valence-corrected chi connectivity index (χ0v) is 13.7. The molecule has 4 aromatic heterocycles. The maximum atomic E-state index is 11.9. The zero-order valence-electron chi connectivity index (χ0n) is 13.7. The van der Waals surface area contributed by atoms with Crippen molar-refractivity contribution in [2.75, 3.05) is 5.32 Å². The first-order valence-corrected chi connectivity index (χ1v) is 7.97. The van der Waals surface area contributed by atoms with Gasteiger partial charge in [-0.05, 0) is 35.9 Å². The maximum Gasteiger partial charge on any atom is 0.267 e. The standard InChI is InChI=1S/C19H15N5O2/c20-19(25)18-12(9-15-2-1-7-26-15)8-13-10-22-11-16(17(13)24-18)23-14-3-5-21-6-4-14/h1-8,10-11H,9H2,(H2,20,25)(H,21,23). The molecule has 0 spiro atoms. The molecule has 4 rings (SSSR count). The van der Waals surface area contributed by atoms with Crippen molar-refractivity contribution in [3.8, 4) is 0 Å². The number of carbonyl (C=O) groups is 1. The molecule has 0 atom stereocenters. The molecule has 0 radical (unpaired) electrons. The topological polar surface area (TPSA) is 107 Å². The molecule has 0 fully saturated rings. The Bertz CT molecular complexity index is 1060. The molecule has 0 aromatic carbocycles. The summed E-state index contributed by atoms with van der Waals surface area (Å²) in [5.41, 5.74) is 8.62. The molecule has 0 aliphatic heterocycles. The van der Waals surface area contributed by atoms with Crippen molar-refractivity contribution in [2.45, 2.75) is 6.42 Å². The number of hydrogen-bond donors (Lipinski definition) is 2. The normalized spacial score (nSPS) is 10.8. The van der Waals surface area contributed by atoms with Gasteiger partial charge < -0.3 is 15.5 Å². The summed E-state index contributed by atoms with van der Waals surface area (Å²) in [5.74, 6) is 0.146. The highest BCUT2D eigenvalue weighted by Gasteiger charge is 2.15. The first-order valence-electron chi connectivity index (χ1n) is 7.97. The van der Waals surface area contributed by atoms with E-state index in [1.54, 1.807) is 37.1 Å². The van der Waals surface area contributed by atoms with E-state index in [9.17, 15) is 4.79 Å². The third kappa shape index (κ3) is 3.10. The Balaban J connectivity index is 1.81. The quantitative estimate of drug-likeness (QED) is 0.576. The summed E-state index contributed by atoms with van der Waals surface area (Å²) in [4.78, 5) is 24.7. The monoisotopic (exact) mass is 345 g/mol. The van der Waals surface area contributed by atoms with Crippen molar-refractivity contribution >= 4 is 28.2 Å². The first kappa shape index (κ1) is 15.8. The van der Waals surface area contributed by atoms with Crippen molar-refractivity contribution in [3.05, 3.63) is 78.4 Å². The van der Waals surface area contributed by atoms with Crippen LogP contribution in [0.1, 0.15) is 21.8 Å². The predicted molar refractivity (Wildman–Crippen MR) is 97.1 cm³/mol. The minimum Gasteiger partial charge on any atom is -0.469 e. The van der Waals surface area contributed by atoms with Crippen LogP contribution in [0.2, 0.25) is 0 Å². The fraction of sp³-hybridized carbons (Fsp3) is 0.0526. The maximum absolute atomic E-state index is 11.9. The second-order valence-electron chi connectivity index (χ2n) is 5.74. The van der Waals surface area contributed by atoms with Crippen LogP contribution in [0.15, 0.2) is 65.8 Å². The number of primary amides is 1. The predicted octanol–water partition coefficient (Wildman–Crippen LogP) is 3.05. The molecule has 26 heavy (non-hydrogen) atoms. The van der Waals surface area contributed by atoms with Gasteiger partial charge in [0.05, 0.1) is 23.7 Å². The molecule has 0 saturated heterocycles. The van der Waals surface area contributed by atoms with E-state index in [0.29, 0.717) is 23.2 Å². The number of nitrogens with zero attached hydrogens (tertiary/aromatic N) is 3. The van der Waals surface area contributed by atoms with Crippen LogP contribution in [-0.4, -0.2) is 20.9 Å². The molecule has 0 aliphatic carbocycles. The van der Waals surface area contributed by atoms with Crippen LogP contribution >= 0.6 is 0 Å². The number of nitrogens with two attached hydrogens (primary N) is 1. The third-order valence-corrected chi connectivity index (χ3v) is 3.94. The third-order valence-electron chi connectivity index (χ3n) is 3.94. The van der Waals surface area contributed by atoms with E-state index >= 15 is 0 Å². The van der Waals surface area contributed by atoms with E-state index in [4.69, 9.17) is 10.2 Å². The van der Waals surface area contributed by atoms with Crippen LogP contribution in [0, 0.1) is 0 Å². The van der Waals surface area contributed by atoms with Crippen molar-refractivity contribution in [1.82, 2.24) is 15.0 Å². The van der Waals surface area contributed by atoms with Gasteiger partial charge in [-0.1, -0.05) is 0 Å². The number of aromatic nitrogens is 3. The minimum atomic E-state index is -0.583. The van der Waals surface area contributed by atoms with Gasteiger partial charge in [0.15, 0.2) is 0 Å². The molecule has 4 aromatic rings.